The summed E-state index contributed by atoms with van der Waals surface area (Å²) >= 11 is 0. The molecule has 0 fully saturated rings. The predicted octanol–water partition coefficient (Wildman–Crippen LogP) is 5.02. The van der Waals surface area contributed by atoms with Crippen LogP contribution in [0.15, 0.2) is 35.9 Å². The average molecular weight is 381 g/mol. The number of halogens is 6. The van der Waals surface area contributed by atoms with Crippen LogP contribution in [0.5, 0.6) is 0 Å². The molecular formula is C18H12BF6Si. The van der Waals surface area contributed by atoms with Crippen LogP contribution in [0.4, 0.5) is 26.3 Å². The molecule has 26 heavy (non-hydrogen) atoms. The quantitative estimate of drug-likeness (QED) is 0.481. The van der Waals surface area contributed by atoms with Crippen molar-refractivity contribution in [2.24, 2.45) is 0 Å². The van der Waals surface area contributed by atoms with Crippen molar-refractivity contribution in [2.45, 2.75) is 25.4 Å². The molecule has 0 atom stereocenters. The second-order valence-corrected chi connectivity index (χ2v) is 8.76. The molecule has 3 rings (SSSR count). The topological polar surface area (TPSA) is 0 Å². The van der Waals surface area contributed by atoms with Crippen LogP contribution in [-0.2, 0) is 6.18 Å². The fourth-order valence-electron chi connectivity index (χ4n) is 3.25. The van der Waals surface area contributed by atoms with E-state index < -0.39 is 37.5 Å². The Kier molecular flexibility index (Phi) is 4.37. The zero-order valence-electron chi connectivity index (χ0n) is 13.8. The van der Waals surface area contributed by atoms with Crippen LogP contribution in [0.2, 0.25) is 13.1 Å². The third-order valence-electron chi connectivity index (χ3n) is 4.15. The van der Waals surface area contributed by atoms with E-state index in [0.29, 0.717) is 0 Å². The van der Waals surface area contributed by atoms with Crippen LogP contribution in [0.3, 0.4) is 0 Å². The van der Waals surface area contributed by atoms with E-state index in [1.54, 1.807) is 19.2 Å². The number of allylic oxidation sites excluding steroid dienone is 2. The van der Waals surface area contributed by atoms with Gasteiger partial charge in [-0.3, -0.25) is 0 Å². The maximum atomic E-state index is 13.8. The van der Waals surface area contributed by atoms with Gasteiger partial charge in [-0.25, -0.2) is 0 Å². The van der Waals surface area contributed by atoms with Crippen molar-refractivity contribution in [3.05, 3.63) is 52.6 Å². The van der Waals surface area contributed by atoms with Gasteiger partial charge in [0.2, 0.25) is 0 Å². The molecule has 2 aromatic rings. The van der Waals surface area contributed by atoms with Crippen molar-refractivity contribution in [1.82, 2.24) is 0 Å². The molecule has 1 aliphatic rings. The summed E-state index contributed by atoms with van der Waals surface area (Å²) in [5.41, 5.74) is -2.89. The summed E-state index contributed by atoms with van der Waals surface area (Å²) < 4.78 is 82.2. The van der Waals surface area contributed by atoms with E-state index in [2.05, 4.69) is 0 Å². The van der Waals surface area contributed by atoms with E-state index in [-0.39, 0.29) is 27.4 Å². The van der Waals surface area contributed by atoms with Crippen LogP contribution < -0.4 is 0 Å². The number of hydrogen-bond donors (Lipinski definition) is 0. The van der Waals surface area contributed by atoms with Gasteiger partial charge in [-0.2, -0.15) is 0 Å². The summed E-state index contributed by atoms with van der Waals surface area (Å²) in [6, 6.07) is 6.78. The molecule has 0 saturated heterocycles. The van der Waals surface area contributed by atoms with E-state index in [0.717, 1.165) is 6.07 Å². The van der Waals surface area contributed by atoms with Gasteiger partial charge < -0.3 is 0 Å². The Morgan fingerprint density at radius 1 is 0.923 bits per heavy atom. The Labute approximate surface area is 148 Å². The summed E-state index contributed by atoms with van der Waals surface area (Å²) in [5, 5.41) is 0.474. The van der Waals surface area contributed by atoms with Gasteiger partial charge in [-0.15, -0.1) is 0 Å². The van der Waals surface area contributed by atoms with Crippen LogP contribution >= 0.6 is 0 Å². The molecule has 0 nitrogen and oxygen atoms in total. The fourth-order valence-corrected chi connectivity index (χ4v) is 4.12. The van der Waals surface area contributed by atoms with Crippen LogP contribution in [-0.4, -0.2) is 33.2 Å². The monoisotopic (exact) mass is 381 g/mol. The molecule has 0 spiro atoms. The van der Waals surface area contributed by atoms with Gasteiger partial charge in [0.05, 0.1) is 0 Å². The zero-order valence-corrected chi connectivity index (χ0v) is 14.8. The van der Waals surface area contributed by atoms with E-state index in [1.165, 1.54) is 23.9 Å². The molecule has 1 radical (unpaired) electrons. The minimum atomic E-state index is -4.96. The molecule has 0 N–H and O–H groups in total. The molecule has 1 aliphatic carbocycles. The third kappa shape index (κ3) is 3.00. The summed E-state index contributed by atoms with van der Waals surface area (Å²) in [6.45, 7) is 3.48. The number of alkyl halides is 6. The van der Waals surface area contributed by atoms with Crippen molar-refractivity contribution in [2.75, 3.05) is 0 Å². The predicted molar refractivity (Wildman–Crippen MR) is 95.3 cm³/mol. The van der Waals surface area contributed by atoms with E-state index in [9.17, 15) is 26.3 Å². The molecule has 0 bridgehead atoms. The van der Waals surface area contributed by atoms with Gasteiger partial charge in [-0.1, -0.05) is 0 Å². The van der Waals surface area contributed by atoms with E-state index >= 15 is 0 Å². The van der Waals surface area contributed by atoms with Crippen molar-refractivity contribution in [3.63, 3.8) is 0 Å². The average Bonchev–Trinajstić information content (AvgIpc) is 2.78. The summed E-state index contributed by atoms with van der Waals surface area (Å²) in [6.07, 6.45) is -9.89. The van der Waals surface area contributed by atoms with Gasteiger partial charge in [0.15, 0.2) is 0 Å². The van der Waals surface area contributed by atoms with E-state index in [1.807, 2.05) is 0 Å². The van der Waals surface area contributed by atoms with Gasteiger partial charge in [-0.05, 0) is 0 Å². The standard InChI is InChI=1S/C18H12BF6Si/c1-26(2)8-11-15(18(23,24)25)14-12(17(20,21)22)7-9-5-3-4-6-10(9)13(14)16(11)19/h3-8H,1-2H3. The first-order valence-corrected chi connectivity index (χ1v) is 10.2. The molecular weight excluding hydrogens is 369 g/mol. The molecule has 8 heteroatoms. The molecule has 0 saturated carbocycles. The summed E-state index contributed by atoms with van der Waals surface area (Å²) in [7, 11) is 4.66. The third-order valence-corrected chi connectivity index (χ3v) is 5.02. The van der Waals surface area contributed by atoms with Gasteiger partial charge >= 0.3 is 148 Å². The Morgan fingerprint density at radius 3 is 2.08 bits per heavy atom. The van der Waals surface area contributed by atoms with E-state index in [4.69, 9.17) is 7.49 Å². The van der Waals surface area contributed by atoms with Gasteiger partial charge in [0.25, 0.3) is 0 Å². The first kappa shape index (κ1) is 18.8. The maximum absolute atomic E-state index is 13.8. The van der Waals surface area contributed by atoms with Crippen molar-refractivity contribution in [3.8, 4) is 0 Å². The number of benzene rings is 2. The zero-order chi connectivity index (χ0) is 19.4. The van der Waals surface area contributed by atoms with Crippen LogP contribution in [0, 0.1) is 0 Å². The Bertz CT molecular complexity index is 991. The van der Waals surface area contributed by atoms with Crippen molar-refractivity contribution < 1.29 is 26.3 Å². The second kappa shape index (κ2) is 6.04. The normalized spacial score (nSPS) is 14.8. The minimum absolute atomic E-state index is 0.183. The number of hydrogen-bond acceptors (Lipinski definition) is 0. The fraction of sp³-hybridized carbons (Fsp3) is 0.222. The molecule has 0 heterocycles. The van der Waals surface area contributed by atoms with Crippen LogP contribution in [0.25, 0.3) is 16.3 Å². The molecule has 0 amide bonds. The Hall–Kier alpha value is -1.96. The first-order chi connectivity index (χ1) is 11.9. The first-order valence-electron chi connectivity index (χ1n) is 7.65. The summed E-state index contributed by atoms with van der Waals surface area (Å²) in [5.74, 6) is 0. The SMILES string of the molecule is [B]=C1C(C=[Si](C)C)=C(C(F)(F)F)c2c(C(F)(F)F)cc3ccccc3c21. The van der Waals surface area contributed by atoms with Crippen molar-refractivity contribution >= 4 is 43.4 Å². The molecule has 0 aliphatic heterocycles. The van der Waals surface area contributed by atoms with Crippen LogP contribution in [0.1, 0.15) is 16.7 Å². The number of fused-ring (bicyclic) bond motifs is 3. The number of rotatable bonds is 1. The molecule has 133 valence electrons. The summed E-state index contributed by atoms with van der Waals surface area (Å²) in [4.78, 5) is 0. The van der Waals surface area contributed by atoms with Gasteiger partial charge in [0.1, 0.15) is 0 Å². The van der Waals surface area contributed by atoms with Crippen molar-refractivity contribution in [1.29, 1.82) is 0 Å². The Morgan fingerprint density at radius 2 is 1.54 bits per heavy atom. The Balaban J connectivity index is 2.55. The molecule has 0 unspecified atom stereocenters. The molecule has 2 aromatic carbocycles. The molecule has 0 aromatic heterocycles. The van der Waals surface area contributed by atoms with Gasteiger partial charge in [0, 0.05) is 0 Å². The second-order valence-electron chi connectivity index (χ2n) is 6.31.